The van der Waals surface area contributed by atoms with Gasteiger partial charge in [-0.2, -0.15) is 0 Å². The van der Waals surface area contributed by atoms with Gasteiger partial charge in [0.25, 0.3) is 5.69 Å². The van der Waals surface area contributed by atoms with Gasteiger partial charge in [0.1, 0.15) is 5.69 Å². The fourth-order valence-corrected chi connectivity index (χ4v) is 2.69. The zero-order valence-electron chi connectivity index (χ0n) is 11.6. The average molecular weight is 370 g/mol. The Hall–Kier alpha value is -1.59. The zero-order valence-corrected chi connectivity index (χ0v) is 14.0. The smallest absolute Gasteiger partial charge is 0.292 e. The molecule has 0 saturated carbocycles. The van der Waals surface area contributed by atoms with E-state index in [4.69, 9.17) is 11.6 Å². The van der Waals surface area contributed by atoms with Gasteiger partial charge in [-0.3, -0.25) is 10.1 Å². The van der Waals surface area contributed by atoms with Gasteiger partial charge in [0.05, 0.1) is 4.92 Å². The van der Waals surface area contributed by atoms with Gasteiger partial charge < -0.3 is 5.32 Å². The molecule has 2 aromatic carbocycles. The van der Waals surface area contributed by atoms with E-state index in [9.17, 15) is 10.1 Å². The molecule has 0 spiro atoms. The minimum atomic E-state index is -0.377. The van der Waals surface area contributed by atoms with Crippen molar-refractivity contribution in [3.63, 3.8) is 0 Å². The number of nitro benzene ring substituents is 1. The van der Waals surface area contributed by atoms with Crippen molar-refractivity contribution in [2.75, 3.05) is 5.32 Å². The predicted molar refractivity (Wildman–Crippen MR) is 89.0 cm³/mol. The molecule has 2 aromatic rings. The van der Waals surface area contributed by atoms with Crippen molar-refractivity contribution in [3.05, 3.63) is 66.6 Å². The first kappa shape index (κ1) is 15.8. The second-order valence-electron chi connectivity index (χ2n) is 4.80. The average Bonchev–Trinajstić information content (AvgIpc) is 2.41. The molecule has 1 N–H and O–H groups in total. The molecule has 0 amide bonds. The van der Waals surface area contributed by atoms with Crippen LogP contribution in [0.25, 0.3) is 0 Å². The molecule has 6 heteroatoms. The summed E-state index contributed by atoms with van der Waals surface area (Å²) >= 11 is 9.50. The van der Waals surface area contributed by atoms with E-state index in [-0.39, 0.29) is 10.6 Å². The molecule has 0 fully saturated rings. The molecule has 21 heavy (non-hydrogen) atoms. The Morgan fingerprint density at radius 2 is 1.90 bits per heavy atom. The quantitative estimate of drug-likeness (QED) is 0.592. The molecular formula is C15H14BrClN2O2. The molecule has 0 aromatic heterocycles. The molecular weight excluding hydrogens is 356 g/mol. The lowest BCUT2D eigenvalue weighted by atomic mass is 10.1. The van der Waals surface area contributed by atoms with E-state index >= 15 is 0 Å². The second-order valence-corrected chi connectivity index (χ2v) is 6.12. The fraction of sp³-hybridized carbons (Fsp3) is 0.200. The number of hydrogen-bond acceptors (Lipinski definition) is 3. The van der Waals surface area contributed by atoms with E-state index in [2.05, 4.69) is 21.2 Å². The van der Waals surface area contributed by atoms with Crippen molar-refractivity contribution in [2.24, 2.45) is 0 Å². The van der Waals surface area contributed by atoms with Gasteiger partial charge in [-0.25, -0.2) is 0 Å². The van der Waals surface area contributed by atoms with Crippen molar-refractivity contribution >= 4 is 38.9 Å². The molecule has 0 aliphatic carbocycles. The minimum Gasteiger partial charge on any atom is -0.375 e. The number of halogens is 2. The first-order chi connectivity index (χ1) is 9.88. The summed E-state index contributed by atoms with van der Waals surface area (Å²) < 4.78 is 0.897. The number of aryl methyl sites for hydroxylation is 2. The van der Waals surface area contributed by atoms with Crippen LogP contribution in [0.4, 0.5) is 11.4 Å². The number of benzene rings is 2. The van der Waals surface area contributed by atoms with Crippen LogP contribution in [-0.4, -0.2) is 4.92 Å². The highest BCUT2D eigenvalue weighted by Crippen LogP contribution is 2.29. The third-order valence-corrected chi connectivity index (χ3v) is 4.14. The van der Waals surface area contributed by atoms with Crippen molar-refractivity contribution in [1.29, 1.82) is 0 Å². The number of hydrogen-bond donors (Lipinski definition) is 1. The van der Waals surface area contributed by atoms with Gasteiger partial charge in [-0.1, -0.05) is 33.6 Å². The second kappa shape index (κ2) is 6.45. The highest BCUT2D eigenvalue weighted by Gasteiger charge is 2.15. The highest BCUT2D eigenvalue weighted by atomic mass is 79.9. The van der Waals surface area contributed by atoms with E-state index in [1.165, 1.54) is 0 Å². The minimum absolute atomic E-state index is 0.0753. The van der Waals surface area contributed by atoms with Crippen molar-refractivity contribution in [1.82, 2.24) is 0 Å². The molecule has 0 saturated heterocycles. The number of rotatable bonds is 4. The molecule has 0 heterocycles. The molecule has 0 unspecified atom stereocenters. The van der Waals surface area contributed by atoms with Crippen molar-refractivity contribution < 1.29 is 4.92 Å². The number of anilines is 1. The summed E-state index contributed by atoms with van der Waals surface area (Å²) in [7, 11) is 0. The van der Waals surface area contributed by atoms with E-state index < -0.39 is 0 Å². The van der Waals surface area contributed by atoms with Crippen LogP contribution in [0.3, 0.4) is 0 Å². The fourth-order valence-electron chi connectivity index (χ4n) is 1.95. The summed E-state index contributed by atoms with van der Waals surface area (Å²) in [5.74, 6) is 0. The van der Waals surface area contributed by atoms with E-state index in [0.29, 0.717) is 17.3 Å². The third-order valence-electron chi connectivity index (χ3n) is 3.29. The molecule has 110 valence electrons. The first-order valence-corrected chi connectivity index (χ1v) is 7.49. The lowest BCUT2D eigenvalue weighted by Crippen LogP contribution is -2.04. The largest absolute Gasteiger partial charge is 0.375 e. The summed E-state index contributed by atoms with van der Waals surface area (Å²) in [6.07, 6.45) is 0. The van der Waals surface area contributed by atoms with Gasteiger partial charge in [-0.15, -0.1) is 0 Å². The van der Waals surface area contributed by atoms with Crippen LogP contribution in [0, 0.1) is 24.0 Å². The SMILES string of the molecule is Cc1cc(NCc2ccc(Br)cc2Cl)c([N+](=O)[O-])cc1C. The van der Waals surface area contributed by atoms with Crippen molar-refractivity contribution in [2.45, 2.75) is 20.4 Å². The maximum atomic E-state index is 11.1. The molecule has 2 rings (SSSR count). The van der Waals surface area contributed by atoms with E-state index in [1.54, 1.807) is 18.2 Å². The lowest BCUT2D eigenvalue weighted by molar-refractivity contribution is -0.384. The van der Waals surface area contributed by atoms with Crippen LogP contribution in [0.15, 0.2) is 34.8 Å². The summed E-state index contributed by atoms with van der Waals surface area (Å²) in [5, 5.41) is 14.9. The Labute approximate surface area is 136 Å². The van der Waals surface area contributed by atoms with E-state index in [0.717, 1.165) is 21.2 Å². The first-order valence-electron chi connectivity index (χ1n) is 6.32. The van der Waals surface area contributed by atoms with Crippen LogP contribution >= 0.6 is 27.5 Å². The van der Waals surface area contributed by atoms with Crippen LogP contribution in [0.1, 0.15) is 16.7 Å². The van der Waals surface area contributed by atoms with Crippen LogP contribution in [-0.2, 0) is 6.54 Å². The number of nitro groups is 1. The monoisotopic (exact) mass is 368 g/mol. The van der Waals surface area contributed by atoms with Gasteiger partial charge >= 0.3 is 0 Å². The maximum Gasteiger partial charge on any atom is 0.292 e. The molecule has 0 atom stereocenters. The standard InChI is InChI=1S/C15H14BrClN2O2/c1-9-5-14(15(19(20)21)6-10(9)2)18-8-11-3-4-12(16)7-13(11)17/h3-7,18H,8H2,1-2H3. The Morgan fingerprint density at radius 3 is 2.52 bits per heavy atom. The summed E-state index contributed by atoms with van der Waals surface area (Å²) in [6, 6.07) is 8.94. The van der Waals surface area contributed by atoms with Gasteiger partial charge in [0.15, 0.2) is 0 Å². The molecule has 0 aliphatic rings. The van der Waals surface area contributed by atoms with Crippen LogP contribution in [0.5, 0.6) is 0 Å². The topological polar surface area (TPSA) is 55.2 Å². The van der Waals surface area contributed by atoms with Gasteiger partial charge in [-0.05, 0) is 48.7 Å². The zero-order chi connectivity index (χ0) is 15.6. The normalized spacial score (nSPS) is 10.5. The lowest BCUT2D eigenvalue weighted by Gasteiger charge is -2.11. The maximum absolute atomic E-state index is 11.1. The number of nitrogens with one attached hydrogen (secondary N) is 1. The molecule has 0 aliphatic heterocycles. The third kappa shape index (κ3) is 3.74. The summed E-state index contributed by atoms with van der Waals surface area (Å²) in [5.41, 5.74) is 3.36. The number of nitrogens with zero attached hydrogens (tertiary/aromatic N) is 1. The van der Waals surface area contributed by atoms with Crippen LogP contribution in [0.2, 0.25) is 5.02 Å². The van der Waals surface area contributed by atoms with Gasteiger partial charge in [0, 0.05) is 22.1 Å². The van der Waals surface area contributed by atoms with Gasteiger partial charge in [0.2, 0.25) is 0 Å². The summed E-state index contributed by atoms with van der Waals surface area (Å²) in [4.78, 5) is 10.8. The van der Waals surface area contributed by atoms with Crippen LogP contribution < -0.4 is 5.32 Å². The molecule has 4 nitrogen and oxygen atoms in total. The Kier molecular flexibility index (Phi) is 4.85. The van der Waals surface area contributed by atoms with E-state index in [1.807, 2.05) is 26.0 Å². The highest BCUT2D eigenvalue weighted by molar-refractivity contribution is 9.10. The Morgan fingerprint density at radius 1 is 1.24 bits per heavy atom. The van der Waals surface area contributed by atoms with Crippen molar-refractivity contribution in [3.8, 4) is 0 Å². The Balaban J connectivity index is 2.27. The Bertz CT molecular complexity index is 704. The predicted octanol–water partition coefficient (Wildman–Crippen LogP) is 5.24. The summed E-state index contributed by atoms with van der Waals surface area (Å²) in [6.45, 7) is 4.21. The molecule has 0 radical (unpaired) electrons. The molecule has 0 bridgehead atoms.